The van der Waals surface area contributed by atoms with Crippen molar-refractivity contribution in [2.75, 3.05) is 31.1 Å². The number of piperazine rings is 1. The first-order valence-corrected chi connectivity index (χ1v) is 8.32. The van der Waals surface area contributed by atoms with Crippen molar-refractivity contribution >= 4 is 46.4 Å². The topological polar surface area (TPSA) is 81.5 Å². The molecular weight excluding hydrogens is 435 g/mol. The monoisotopic (exact) mass is 454 g/mol. The van der Waals surface area contributed by atoms with E-state index < -0.39 is 0 Å². The fraction of sp³-hybridized carbons (Fsp3) is 0.312. The third-order valence-electron chi connectivity index (χ3n) is 3.77. The largest absolute Gasteiger partial charge is 0.370 e. The minimum atomic E-state index is 0. The van der Waals surface area contributed by atoms with Gasteiger partial charge in [-0.15, -0.1) is 35.3 Å². The van der Waals surface area contributed by atoms with Crippen LogP contribution in [0.25, 0.3) is 0 Å². The summed E-state index contributed by atoms with van der Waals surface area (Å²) in [4.78, 5) is 13.2. The minimum Gasteiger partial charge on any atom is -0.370 e. The van der Waals surface area contributed by atoms with Crippen LogP contribution in [-0.4, -0.2) is 42.0 Å². The van der Waals surface area contributed by atoms with E-state index in [4.69, 9.17) is 11.0 Å². The van der Waals surface area contributed by atoms with Gasteiger partial charge in [0.25, 0.3) is 0 Å². The van der Waals surface area contributed by atoms with Crippen LogP contribution in [0.15, 0.2) is 40.8 Å². The first-order chi connectivity index (χ1) is 11.3. The zero-order valence-electron chi connectivity index (χ0n) is 13.1. The zero-order chi connectivity index (χ0) is 16.1. The molecule has 0 atom stereocenters. The smallest absolute Gasteiger partial charge is 0.191 e. The van der Waals surface area contributed by atoms with Crippen molar-refractivity contribution in [1.82, 2.24) is 9.88 Å². The number of aromatic nitrogens is 1. The number of thiazole rings is 1. The van der Waals surface area contributed by atoms with E-state index >= 15 is 0 Å². The van der Waals surface area contributed by atoms with Crippen molar-refractivity contribution in [3.8, 4) is 6.07 Å². The number of guanidine groups is 1. The van der Waals surface area contributed by atoms with Gasteiger partial charge >= 0.3 is 0 Å². The van der Waals surface area contributed by atoms with Crippen LogP contribution in [0.5, 0.6) is 0 Å². The number of aliphatic imine (C=N–C) groups is 1. The van der Waals surface area contributed by atoms with Crippen molar-refractivity contribution in [2.24, 2.45) is 10.7 Å². The summed E-state index contributed by atoms with van der Waals surface area (Å²) in [6.45, 7) is 3.97. The molecule has 0 amide bonds. The van der Waals surface area contributed by atoms with Crippen molar-refractivity contribution in [3.63, 3.8) is 0 Å². The molecule has 24 heavy (non-hydrogen) atoms. The van der Waals surface area contributed by atoms with Crippen LogP contribution in [0.2, 0.25) is 0 Å². The number of anilines is 1. The van der Waals surface area contributed by atoms with Crippen LogP contribution in [0, 0.1) is 11.3 Å². The third kappa shape index (κ3) is 4.58. The molecule has 8 heteroatoms. The Morgan fingerprint density at radius 1 is 1.33 bits per heavy atom. The van der Waals surface area contributed by atoms with Crippen LogP contribution in [-0.2, 0) is 6.54 Å². The van der Waals surface area contributed by atoms with E-state index in [1.165, 1.54) is 0 Å². The van der Waals surface area contributed by atoms with E-state index in [1.54, 1.807) is 17.4 Å². The van der Waals surface area contributed by atoms with Gasteiger partial charge < -0.3 is 15.5 Å². The highest BCUT2D eigenvalue weighted by Crippen LogP contribution is 2.18. The Labute approximate surface area is 162 Å². The zero-order valence-corrected chi connectivity index (χ0v) is 16.3. The molecule has 1 aromatic heterocycles. The molecule has 2 N–H and O–H groups in total. The van der Waals surface area contributed by atoms with Crippen LogP contribution >= 0.6 is 35.3 Å². The second-order valence-corrected chi connectivity index (χ2v) is 6.15. The molecule has 0 unspecified atom stereocenters. The van der Waals surface area contributed by atoms with Crippen molar-refractivity contribution in [1.29, 1.82) is 5.26 Å². The van der Waals surface area contributed by atoms with E-state index in [1.807, 2.05) is 29.8 Å². The molecule has 1 saturated heterocycles. The number of rotatable bonds is 3. The highest BCUT2D eigenvalue weighted by atomic mass is 127. The van der Waals surface area contributed by atoms with Crippen LogP contribution < -0.4 is 10.6 Å². The average molecular weight is 454 g/mol. The van der Waals surface area contributed by atoms with Gasteiger partial charge in [0.15, 0.2) is 11.1 Å². The van der Waals surface area contributed by atoms with E-state index in [-0.39, 0.29) is 24.0 Å². The molecule has 1 aliphatic heterocycles. The fourth-order valence-electron chi connectivity index (χ4n) is 2.51. The molecule has 0 aliphatic carbocycles. The summed E-state index contributed by atoms with van der Waals surface area (Å²) in [6.07, 6.45) is 1.83. The lowest BCUT2D eigenvalue weighted by Crippen LogP contribution is -2.51. The Hall–Kier alpha value is -1.86. The van der Waals surface area contributed by atoms with Gasteiger partial charge in [0, 0.05) is 37.8 Å². The van der Waals surface area contributed by atoms with Gasteiger partial charge in [-0.05, 0) is 17.7 Å². The maximum atomic E-state index is 8.92. The van der Waals surface area contributed by atoms with Crippen molar-refractivity contribution in [3.05, 3.63) is 47.0 Å². The molecule has 126 valence electrons. The second kappa shape index (κ2) is 8.84. The van der Waals surface area contributed by atoms with Crippen molar-refractivity contribution in [2.45, 2.75) is 6.54 Å². The molecule has 0 spiro atoms. The number of hydrogen-bond acceptors (Lipinski definition) is 5. The van der Waals surface area contributed by atoms with E-state index in [0.717, 1.165) is 36.9 Å². The van der Waals surface area contributed by atoms with E-state index in [0.29, 0.717) is 18.1 Å². The predicted octanol–water partition coefficient (Wildman–Crippen LogP) is 2.27. The quantitative estimate of drug-likeness (QED) is 0.437. The molecule has 0 saturated carbocycles. The standard InChI is InChI=1S/C16H18N6S.HI/c17-11-13-2-1-3-14(10-13)12-20-15(18)21-5-7-22(8-6-21)16-19-4-9-23-16;/h1-4,9-10H,5-8,12H2,(H2,18,20);1H. The van der Waals surface area contributed by atoms with E-state index in [9.17, 15) is 0 Å². The summed E-state index contributed by atoms with van der Waals surface area (Å²) in [7, 11) is 0. The molecule has 1 fully saturated rings. The first kappa shape index (κ1) is 18.5. The van der Waals surface area contributed by atoms with Crippen molar-refractivity contribution < 1.29 is 0 Å². The number of halogens is 1. The molecule has 1 aromatic carbocycles. The maximum absolute atomic E-state index is 8.92. The molecule has 2 heterocycles. The summed E-state index contributed by atoms with van der Waals surface area (Å²) < 4.78 is 0. The number of hydrogen-bond donors (Lipinski definition) is 1. The Bertz CT molecular complexity index is 716. The van der Waals surface area contributed by atoms with Gasteiger partial charge in [-0.25, -0.2) is 9.98 Å². The number of nitrogens with two attached hydrogens (primary N) is 1. The minimum absolute atomic E-state index is 0. The SMILES string of the molecule is I.N#Cc1cccc(CN=C(N)N2CCN(c3nccs3)CC2)c1. The Balaban J connectivity index is 0.00000208. The molecule has 2 aromatic rings. The number of benzene rings is 1. The Morgan fingerprint density at radius 3 is 2.79 bits per heavy atom. The average Bonchev–Trinajstić information content (AvgIpc) is 3.14. The lowest BCUT2D eigenvalue weighted by molar-refractivity contribution is 0.380. The number of nitriles is 1. The highest BCUT2D eigenvalue weighted by molar-refractivity contribution is 14.0. The van der Waals surface area contributed by atoms with Gasteiger partial charge in [-0.2, -0.15) is 5.26 Å². The summed E-state index contributed by atoms with van der Waals surface area (Å²) >= 11 is 1.66. The molecule has 1 aliphatic rings. The molecular formula is C16H19IN6S. The summed E-state index contributed by atoms with van der Waals surface area (Å²) in [5.41, 5.74) is 7.75. The fourth-order valence-corrected chi connectivity index (χ4v) is 3.21. The van der Waals surface area contributed by atoms with Gasteiger partial charge in [0.1, 0.15) is 0 Å². The summed E-state index contributed by atoms with van der Waals surface area (Å²) in [6, 6.07) is 9.59. The molecule has 6 nitrogen and oxygen atoms in total. The van der Waals surface area contributed by atoms with Crippen LogP contribution in [0.1, 0.15) is 11.1 Å². The summed E-state index contributed by atoms with van der Waals surface area (Å²) in [5.74, 6) is 0.561. The van der Waals surface area contributed by atoms with Gasteiger partial charge in [0.05, 0.1) is 18.2 Å². The van der Waals surface area contributed by atoms with E-state index in [2.05, 4.69) is 25.8 Å². The summed E-state index contributed by atoms with van der Waals surface area (Å²) in [5, 5.41) is 12.0. The van der Waals surface area contributed by atoms with Gasteiger partial charge in [-0.1, -0.05) is 12.1 Å². The number of nitrogens with zero attached hydrogens (tertiary/aromatic N) is 5. The third-order valence-corrected chi connectivity index (χ3v) is 4.61. The Kier molecular flexibility index (Phi) is 6.81. The first-order valence-electron chi connectivity index (χ1n) is 7.44. The maximum Gasteiger partial charge on any atom is 0.191 e. The molecule has 0 radical (unpaired) electrons. The normalized spacial score (nSPS) is 14.9. The highest BCUT2D eigenvalue weighted by Gasteiger charge is 2.19. The second-order valence-electron chi connectivity index (χ2n) is 5.28. The van der Waals surface area contributed by atoms with Crippen LogP contribution in [0.3, 0.4) is 0 Å². The van der Waals surface area contributed by atoms with Crippen LogP contribution in [0.4, 0.5) is 5.13 Å². The van der Waals surface area contributed by atoms with Gasteiger partial charge in [-0.3, -0.25) is 0 Å². The van der Waals surface area contributed by atoms with Gasteiger partial charge in [0.2, 0.25) is 0 Å². The predicted molar refractivity (Wildman–Crippen MR) is 108 cm³/mol. The molecule has 0 bridgehead atoms. The Morgan fingerprint density at radius 2 is 2.12 bits per heavy atom. The lowest BCUT2D eigenvalue weighted by atomic mass is 10.1. The molecule has 3 rings (SSSR count). The lowest BCUT2D eigenvalue weighted by Gasteiger charge is -2.35.